The molecule has 5 nitrogen and oxygen atoms in total. The molecule has 0 fully saturated rings. The topological polar surface area (TPSA) is 58.3 Å². The molecule has 17 heavy (non-hydrogen) atoms. The SMILES string of the molecule is CC(C)CN(CCN(C)C)c1nccnc1N. The zero-order valence-electron chi connectivity index (χ0n) is 11.2. The van der Waals surface area contributed by atoms with Gasteiger partial charge in [-0.25, -0.2) is 9.97 Å². The fourth-order valence-corrected chi connectivity index (χ4v) is 1.63. The van der Waals surface area contributed by atoms with Gasteiger partial charge in [-0.15, -0.1) is 0 Å². The zero-order valence-corrected chi connectivity index (χ0v) is 11.2. The van der Waals surface area contributed by atoms with Crippen LogP contribution >= 0.6 is 0 Å². The van der Waals surface area contributed by atoms with Gasteiger partial charge in [-0.1, -0.05) is 13.8 Å². The number of likely N-dealkylation sites (N-methyl/N-ethyl adjacent to an activating group) is 1. The van der Waals surface area contributed by atoms with E-state index in [-0.39, 0.29) is 0 Å². The van der Waals surface area contributed by atoms with E-state index in [1.165, 1.54) is 0 Å². The Labute approximate surface area is 104 Å². The zero-order chi connectivity index (χ0) is 12.8. The minimum absolute atomic E-state index is 0.506. The summed E-state index contributed by atoms with van der Waals surface area (Å²) in [6.07, 6.45) is 3.31. The number of aromatic nitrogens is 2. The van der Waals surface area contributed by atoms with Crippen LogP contribution in [0.4, 0.5) is 11.6 Å². The Bertz CT molecular complexity index is 337. The third-order valence-corrected chi connectivity index (χ3v) is 2.41. The average molecular weight is 237 g/mol. The molecule has 1 rings (SSSR count). The van der Waals surface area contributed by atoms with Crippen molar-refractivity contribution in [2.75, 3.05) is 44.4 Å². The number of hydrogen-bond acceptors (Lipinski definition) is 5. The van der Waals surface area contributed by atoms with Crippen LogP contribution in [0.5, 0.6) is 0 Å². The summed E-state index contributed by atoms with van der Waals surface area (Å²) in [4.78, 5) is 12.8. The van der Waals surface area contributed by atoms with Gasteiger partial charge in [-0.05, 0) is 20.0 Å². The lowest BCUT2D eigenvalue weighted by Crippen LogP contribution is -2.35. The van der Waals surface area contributed by atoms with Crippen LogP contribution in [-0.4, -0.2) is 48.6 Å². The van der Waals surface area contributed by atoms with Gasteiger partial charge in [-0.2, -0.15) is 0 Å². The van der Waals surface area contributed by atoms with E-state index in [9.17, 15) is 0 Å². The molecule has 0 atom stereocenters. The van der Waals surface area contributed by atoms with Crippen LogP contribution < -0.4 is 10.6 Å². The summed E-state index contributed by atoms with van der Waals surface area (Å²) in [6.45, 7) is 7.21. The molecular formula is C12H23N5. The van der Waals surface area contributed by atoms with Crippen molar-refractivity contribution in [1.29, 1.82) is 0 Å². The third kappa shape index (κ3) is 4.56. The van der Waals surface area contributed by atoms with E-state index in [0.717, 1.165) is 25.5 Å². The molecule has 96 valence electrons. The largest absolute Gasteiger partial charge is 0.381 e. The first-order valence-corrected chi connectivity index (χ1v) is 5.97. The second-order valence-corrected chi connectivity index (χ2v) is 4.91. The van der Waals surface area contributed by atoms with Crippen molar-refractivity contribution in [3.05, 3.63) is 12.4 Å². The van der Waals surface area contributed by atoms with Gasteiger partial charge in [-0.3, -0.25) is 0 Å². The van der Waals surface area contributed by atoms with Crippen LogP contribution in [0.25, 0.3) is 0 Å². The number of rotatable bonds is 6. The van der Waals surface area contributed by atoms with Gasteiger partial charge >= 0.3 is 0 Å². The second kappa shape index (κ2) is 6.39. The van der Waals surface area contributed by atoms with Gasteiger partial charge in [0.2, 0.25) is 0 Å². The highest BCUT2D eigenvalue weighted by Gasteiger charge is 2.13. The summed E-state index contributed by atoms with van der Waals surface area (Å²) in [5.41, 5.74) is 5.87. The Morgan fingerprint density at radius 3 is 2.35 bits per heavy atom. The van der Waals surface area contributed by atoms with E-state index >= 15 is 0 Å². The van der Waals surface area contributed by atoms with Crippen LogP contribution in [0.2, 0.25) is 0 Å². The van der Waals surface area contributed by atoms with Crippen molar-refractivity contribution in [3.63, 3.8) is 0 Å². The molecule has 0 aliphatic rings. The lowest BCUT2D eigenvalue weighted by Gasteiger charge is -2.27. The summed E-state index contributed by atoms with van der Waals surface area (Å²) < 4.78 is 0. The van der Waals surface area contributed by atoms with Crippen LogP contribution in [0.15, 0.2) is 12.4 Å². The minimum Gasteiger partial charge on any atom is -0.381 e. The lowest BCUT2D eigenvalue weighted by atomic mass is 10.2. The van der Waals surface area contributed by atoms with Gasteiger partial charge in [0.05, 0.1) is 0 Å². The van der Waals surface area contributed by atoms with Crippen LogP contribution in [0.1, 0.15) is 13.8 Å². The van der Waals surface area contributed by atoms with Crippen molar-refractivity contribution >= 4 is 11.6 Å². The molecule has 2 N–H and O–H groups in total. The molecule has 0 amide bonds. The molecule has 0 saturated carbocycles. The number of nitrogens with two attached hydrogens (primary N) is 1. The molecule has 0 radical (unpaired) electrons. The van der Waals surface area contributed by atoms with E-state index < -0.39 is 0 Å². The molecule has 1 aromatic rings. The molecule has 0 spiro atoms. The lowest BCUT2D eigenvalue weighted by molar-refractivity contribution is 0.408. The van der Waals surface area contributed by atoms with Gasteiger partial charge in [0.1, 0.15) is 0 Å². The molecule has 0 unspecified atom stereocenters. The first-order chi connectivity index (χ1) is 8.00. The molecule has 1 heterocycles. The van der Waals surface area contributed by atoms with Crippen molar-refractivity contribution in [2.24, 2.45) is 5.92 Å². The minimum atomic E-state index is 0.506. The van der Waals surface area contributed by atoms with Gasteiger partial charge in [0.25, 0.3) is 0 Å². The molecule has 0 bridgehead atoms. The number of nitrogen functional groups attached to an aromatic ring is 1. The average Bonchev–Trinajstić information content (AvgIpc) is 2.24. The fraction of sp³-hybridized carbons (Fsp3) is 0.667. The van der Waals surface area contributed by atoms with Crippen molar-refractivity contribution in [2.45, 2.75) is 13.8 Å². The van der Waals surface area contributed by atoms with Gasteiger partial charge < -0.3 is 15.5 Å². The predicted octanol–water partition coefficient (Wildman–Crippen LogP) is 1.08. The van der Waals surface area contributed by atoms with Crippen LogP contribution in [0.3, 0.4) is 0 Å². The first kappa shape index (κ1) is 13.7. The van der Waals surface area contributed by atoms with E-state index in [1.54, 1.807) is 12.4 Å². The smallest absolute Gasteiger partial charge is 0.171 e. The molecule has 1 aromatic heterocycles. The Morgan fingerprint density at radius 1 is 1.18 bits per heavy atom. The highest BCUT2D eigenvalue weighted by atomic mass is 15.2. The number of nitrogens with zero attached hydrogens (tertiary/aromatic N) is 4. The van der Waals surface area contributed by atoms with Gasteiger partial charge in [0, 0.05) is 32.0 Å². The molecule has 0 aromatic carbocycles. The number of hydrogen-bond donors (Lipinski definition) is 1. The number of anilines is 2. The van der Waals surface area contributed by atoms with Crippen molar-refractivity contribution < 1.29 is 0 Å². The Morgan fingerprint density at radius 2 is 1.82 bits per heavy atom. The maximum Gasteiger partial charge on any atom is 0.171 e. The Balaban J connectivity index is 2.78. The summed E-state index contributed by atoms with van der Waals surface area (Å²) in [7, 11) is 4.13. The Hall–Kier alpha value is -1.36. The first-order valence-electron chi connectivity index (χ1n) is 5.97. The quantitative estimate of drug-likeness (QED) is 0.802. The standard InChI is InChI=1S/C12H23N5/c1-10(2)9-17(8-7-16(3)4)12-11(13)14-5-6-15-12/h5-6,10H,7-9H2,1-4H3,(H2,13,14). The maximum absolute atomic E-state index is 5.87. The van der Waals surface area contributed by atoms with Gasteiger partial charge in [0.15, 0.2) is 11.6 Å². The van der Waals surface area contributed by atoms with E-state index in [4.69, 9.17) is 5.73 Å². The predicted molar refractivity (Wildman–Crippen MR) is 72.0 cm³/mol. The summed E-state index contributed by atoms with van der Waals surface area (Å²) in [6, 6.07) is 0. The summed E-state index contributed by atoms with van der Waals surface area (Å²) in [5.74, 6) is 1.87. The van der Waals surface area contributed by atoms with E-state index in [1.807, 2.05) is 0 Å². The molecule has 0 aliphatic carbocycles. The highest BCUT2D eigenvalue weighted by Crippen LogP contribution is 2.17. The van der Waals surface area contributed by atoms with Crippen LogP contribution in [-0.2, 0) is 0 Å². The molecule has 0 aliphatic heterocycles. The molecular weight excluding hydrogens is 214 g/mol. The van der Waals surface area contributed by atoms with Crippen molar-refractivity contribution in [3.8, 4) is 0 Å². The third-order valence-electron chi connectivity index (χ3n) is 2.41. The highest BCUT2D eigenvalue weighted by molar-refractivity contribution is 5.57. The van der Waals surface area contributed by atoms with Crippen molar-refractivity contribution in [1.82, 2.24) is 14.9 Å². The summed E-state index contributed by atoms with van der Waals surface area (Å²) >= 11 is 0. The Kier molecular flexibility index (Phi) is 5.15. The molecule has 5 heteroatoms. The maximum atomic E-state index is 5.87. The normalized spacial score (nSPS) is 11.2. The fourth-order valence-electron chi connectivity index (χ4n) is 1.63. The second-order valence-electron chi connectivity index (χ2n) is 4.91. The van der Waals surface area contributed by atoms with Crippen LogP contribution in [0, 0.1) is 5.92 Å². The van der Waals surface area contributed by atoms with E-state index in [2.05, 4.69) is 47.7 Å². The monoisotopic (exact) mass is 237 g/mol. The molecule has 0 saturated heterocycles. The summed E-state index contributed by atoms with van der Waals surface area (Å²) in [5, 5.41) is 0. The van der Waals surface area contributed by atoms with E-state index in [0.29, 0.717) is 11.7 Å².